The summed E-state index contributed by atoms with van der Waals surface area (Å²) in [5.74, 6) is 1.07. The Morgan fingerprint density at radius 1 is 1.04 bits per heavy atom. The molecule has 8 heteroatoms. The molecule has 0 unspecified atom stereocenters. The molecule has 1 aliphatic carbocycles. The number of nitrogens with zero attached hydrogens (tertiary/aromatic N) is 4. The quantitative estimate of drug-likeness (QED) is 0.853. The van der Waals surface area contributed by atoms with Gasteiger partial charge in [0.15, 0.2) is 0 Å². The van der Waals surface area contributed by atoms with Crippen LogP contribution in [-0.4, -0.2) is 47.7 Å². The average molecular weight is 392 g/mol. The molecule has 2 amide bonds. The van der Waals surface area contributed by atoms with Crippen LogP contribution in [0.5, 0.6) is 0 Å². The molecule has 0 bridgehead atoms. The highest BCUT2D eigenvalue weighted by Gasteiger charge is 2.31. The van der Waals surface area contributed by atoms with E-state index in [-0.39, 0.29) is 17.7 Å². The van der Waals surface area contributed by atoms with Gasteiger partial charge in [-0.3, -0.25) is 14.5 Å². The number of carbonyl (C=O) groups is 2. The third-order valence-electron chi connectivity index (χ3n) is 6.28. The Balaban J connectivity index is 1.29. The fourth-order valence-electron chi connectivity index (χ4n) is 4.46. The van der Waals surface area contributed by atoms with E-state index in [0.717, 1.165) is 50.4 Å². The van der Waals surface area contributed by atoms with Gasteiger partial charge in [-0.2, -0.15) is 0 Å². The Labute approximate surface area is 164 Å². The summed E-state index contributed by atoms with van der Waals surface area (Å²) in [6.45, 7) is 4.64. The zero-order valence-corrected chi connectivity index (χ0v) is 16.8. The standard InChI is InChI=1S/C19H29N5O2S/c1-13-5-2-3-6-15(13)20-17(26)14-8-11-23(12-9-14)18-21-22-19(27-18)24-10-4-7-16(24)25/h13-15H,2-12H2,1H3,(H,20,26)/t13-,15+/m0/s1. The van der Waals surface area contributed by atoms with E-state index in [4.69, 9.17) is 0 Å². The lowest BCUT2D eigenvalue weighted by molar-refractivity contribution is -0.127. The molecule has 3 fully saturated rings. The summed E-state index contributed by atoms with van der Waals surface area (Å²) in [6.07, 6.45) is 8.07. The maximum atomic E-state index is 12.7. The number of hydrogen-bond donors (Lipinski definition) is 1. The smallest absolute Gasteiger partial charge is 0.228 e. The van der Waals surface area contributed by atoms with Crippen LogP contribution in [0.4, 0.5) is 10.3 Å². The molecule has 1 N–H and O–H groups in total. The summed E-state index contributed by atoms with van der Waals surface area (Å²) in [7, 11) is 0. The van der Waals surface area contributed by atoms with Gasteiger partial charge in [0.1, 0.15) is 0 Å². The van der Waals surface area contributed by atoms with E-state index in [9.17, 15) is 9.59 Å². The van der Waals surface area contributed by atoms with Crippen LogP contribution >= 0.6 is 11.3 Å². The zero-order valence-electron chi connectivity index (χ0n) is 16.0. The Hall–Kier alpha value is -1.70. The lowest BCUT2D eigenvalue weighted by Gasteiger charge is -2.34. The van der Waals surface area contributed by atoms with Crippen molar-refractivity contribution in [2.75, 3.05) is 29.4 Å². The molecule has 0 radical (unpaired) electrons. The molecule has 0 spiro atoms. The van der Waals surface area contributed by atoms with Gasteiger partial charge >= 0.3 is 0 Å². The molecule has 1 aromatic rings. The summed E-state index contributed by atoms with van der Waals surface area (Å²) >= 11 is 1.49. The monoisotopic (exact) mass is 391 g/mol. The Morgan fingerprint density at radius 2 is 1.78 bits per heavy atom. The molecule has 4 rings (SSSR count). The molecule has 148 valence electrons. The molecule has 3 aliphatic rings. The number of nitrogens with one attached hydrogen (secondary N) is 1. The predicted octanol–water partition coefficient (Wildman–Crippen LogP) is 2.58. The number of rotatable bonds is 4. The minimum atomic E-state index is 0.0999. The zero-order chi connectivity index (χ0) is 18.8. The summed E-state index contributed by atoms with van der Waals surface area (Å²) < 4.78 is 0. The van der Waals surface area contributed by atoms with Gasteiger partial charge in [0, 0.05) is 38.0 Å². The van der Waals surface area contributed by atoms with Crippen LogP contribution in [0.15, 0.2) is 0 Å². The van der Waals surface area contributed by atoms with Crippen LogP contribution in [-0.2, 0) is 9.59 Å². The van der Waals surface area contributed by atoms with Gasteiger partial charge in [0.2, 0.25) is 22.1 Å². The first-order valence-corrected chi connectivity index (χ1v) is 11.1. The van der Waals surface area contributed by atoms with Gasteiger partial charge in [-0.1, -0.05) is 31.1 Å². The molecule has 2 atom stereocenters. The number of carbonyl (C=O) groups excluding carboxylic acids is 2. The summed E-state index contributed by atoms with van der Waals surface area (Å²) in [4.78, 5) is 28.5. The van der Waals surface area contributed by atoms with Gasteiger partial charge < -0.3 is 10.2 Å². The van der Waals surface area contributed by atoms with E-state index >= 15 is 0 Å². The van der Waals surface area contributed by atoms with Crippen molar-refractivity contribution in [3.05, 3.63) is 0 Å². The van der Waals surface area contributed by atoms with Crippen LogP contribution in [0.1, 0.15) is 58.3 Å². The van der Waals surface area contributed by atoms with Gasteiger partial charge in [-0.25, -0.2) is 0 Å². The number of hydrogen-bond acceptors (Lipinski definition) is 6. The highest BCUT2D eigenvalue weighted by molar-refractivity contribution is 7.19. The number of aromatic nitrogens is 2. The highest BCUT2D eigenvalue weighted by atomic mass is 32.1. The van der Waals surface area contributed by atoms with Crippen molar-refractivity contribution < 1.29 is 9.59 Å². The highest BCUT2D eigenvalue weighted by Crippen LogP contribution is 2.32. The van der Waals surface area contributed by atoms with Crippen molar-refractivity contribution in [3.8, 4) is 0 Å². The molecule has 7 nitrogen and oxygen atoms in total. The maximum absolute atomic E-state index is 12.7. The van der Waals surface area contributed by atoms with E-state index < -0.39 is 0 Å². The predicted molar refractivity (Wildman–Crippen MR) is 106 cm³/mol. The van der Waals surface area contributed by atoms with Crippen molar-refractivity contribution in [2.24, 2.45) is 11.8 Å². The number of piperidine rings is 1. The van der Waals surface area contributed by atoms with Crippen molar-refractivity contribution in [1.29, 1.82) is 0 Å². The summed E-state index contributed by atoms with van der Waals surface area (Å²) in [5, 5.41) is 13.4. The van der Waals surface area contributed by atoms with Gasteiger partial charge in [-0.05, 0) is 38.0 Å². The second kappa shape index (κ2) is 8.12. The lowest BCUT2D eigenvalue weighted by Crippen LogP contribution is -2.46. The average Bonchev–Trinajstić information content (AvgIpc) is 3.32. The molecule has 0 aromatic carbocycles. The van der Waals surface area contributed by atoms with Gasteiger partial charge in [-0.15, -0.1) is 10.2 Å². The van der Waals surface area contributed by atoms with Crippen molar-refractivity contribution in [3.63, 3.8) is 0 Å². The van der Waals surface area contributed by atoms with Crippen molar-refractivity contribution >= 4 is 33.4 Å². The third-order valence-corrected chi connectivity index (χ3v) is 7.29. The molecule has 2 aliphatic heterocycles. The molecular formula is C19H29N5O2S. The molecule has 2 saturated heterocycles. The van der Waals surface area contributed by atoms with Crippen LogP contribution in [0, 0.1) is 11.8 Å². The lowest BCUT2D eigenvalue weighted by atomic mass is 9.85. The largest absolute Gasteiger partial charge is 0.353 e. The second-order valence-electron chi connectivity index (χ2n) is 8.15. The molecule has 3 heterocycles. The minimum Gasteiger partial charge on any atom is -0.353 e. The van der Waals surface area contributed by atoms with Gasteiger partial charge in [0.05, 0.1) is 0 Å². The molecular weight excluding hydrogens is 362 g/mol. The number of anilines is 2. The van der Waals surface area contributed by atoms with E-state index in [1.54, 1.807) is 4.90 Å². The minimum absolute atomic E-state index is 0.0999. The first kappa shape index (κ1) is 18.7. The van der Waals surface area contributed by atoms with E-state index in [1.807, 2.05) is 0 Å². The fraction of sp³-hybridized carbons (Fsp3) is 0.789. The van der Waals surface area contributed by atoms with E-state index in [1.165, 1.54) is 30.6 Å². The fourth-order valence-corrected chi connectivity index (χ4v) is 5.40. The Kier molecular flexibility index (Phi) is 5.61. The molecule has 1 aromatic heterocycles. The molecule has 1 saturated carbocycles. The topological polar surface area (TPSA) is 78.4 Å². The summed E-state index contributed by atoms with van der Waals surface area (Å²) in [5.41, 5.74) is 0. The van der Waals surface area contributed by atoms with Crippen molar-refractivity contribution in [1.82, 2.24) is 15.5 Å². The maximum Gasteiger partial charge on any atom is 0.228 e. The third kappa shape index (κ3) is 4.10. The van der Waals surface area contributed by atoms with Crippen LogP contribution in [0.3, 0.4) is 0 Å². The SMILES string of the molecule is C[C@H]1CCCC[C@H]1NC(=O)C1CCN(c2nnc(N3CCCC3=O)s2)CC1. The normalized spacial score (nSPS) is 27.2. The number of amides is 2. The van der Waals surface area contributed by atoms with Crippen LogP contribution in [0.25, 0.3) is 0 Å². The van der Waals surface area contributed by atoms with Crippen LogP contribution in [0.2, 0.25) is 0 Å². The van der Waals surface area contributed by atoms with E-state index in [0.29, 0.717) is 23.5 Å². The first-order valence-electron chi connectivity index (χ1n) is 10.3. The Morgan fingerprint density at radius 3 is 2.48 bits per heavy atom. The van der Waals surface area contributed by atoms with Gasteiger partial charge in [0.25, 0.3) is 0 Å². The molecule has 27 heavy (non-hydrogen) atoms. The van der Waals surface area contributed by atoms with Crippen molar-refractivity contribution in [2.45, 2.75) is 64.3 Å². The second-order valence-corrected chi connectivity index (χ2v) is 9.09. The Bertz CT molecular complexity index is 685. The first-order chi connectivity index (χ1) is 13.1. The van der Waals surface area contributed by atoms with E-state index in [2.05, 4.69) is 27.3 Å². The summed E-state index contributed by atoms with van der Waals surface area (Å²) in [6, 6.07) is 0.355. The van der Waals surface area contributed by atoms with Crippen LogP contribution < -0.4 is 15.1 Å².